The van der Waals surface area contributed by atoms with E-state index in [4.69, 9.17) is 4.52 Å². The van der Waals surface area contributed by atoms with Crippen molar-refractivity contribution in [2.45, 2.75) is 32.7 Å². The van der Waals surface area contributed by atoms with Crippen LogP contribution in [0.3, 0.4) is 0 Å². The fraction of sp³-hybridized carbons (Fsp3) is 0.333. The molecule has 0 spiro atoms. The first-order valence-corrected chi connectivity index (χ1v) is 9.91. The Kier molecular flexibility index (Phi) is 4.48. The van der Waals surface area contributed by atoms with Gasteiger partial charge in [0, 0.05) is 30.1 Å². The van der Waals surface area contributed by atoms with E-state index in [2.05, 4.69) is 37.3 Å². The van der Waals surface area contributed by atoms with Crippen molar-refractivity contribution in [1.82, 2.24) is 29.6 Å². The second-order valence-corrected chi connectivity index (χ2v) is 7.59. The van der Waals surface area contributed by atoms with Crippen LogP contribution >= 0.6 is 0 Å². The lowest BCUT2D eigenvalue weighted by atomic mass is 10.1. The summed E-state index contributed by atoms with van der Waals surface area (Å²) >= 11 is 0. The van der Waals surface area contributed by atoms with Crippen molar-refractivity contribution in [1.29, 1.82) is 0 Å². The highest BCUT2D eigenvalue weighted by Crippen LogP contribution is 2.23. The molecule has 0 radical (unpaired) electrons. The van der Waals surface area contributed by atoms with Crippen LogP contribution in [0.15, 0.2) is 45.8 Å². The number of nitrogens with zero attached hydrogens (tertiary/aromatic N) is 5. The zero-order chi connectivity index (χ0) is 19.8. The maximum absolute atomic E-state index is 12.1. The van der Waals surface area contributed by atoms with Gasteiger partial charge in [-0.15, -0.1) is 0 Å². The van der Waals surface area contributed by atoms with Crippen LogP contribution in [0, 0.1) is 6.92 Å². The lowest BCUT2D eigenvalue weighted by Crippen LogP contribution is -2.29. The Hall–Kier alpha value is -3.26. The van der Waals surface area contributed by atoms with E-state index in [1.807, 2.05) is 19.1 Å². The average molecular weight is 390 g/mol. The van der Waals surface area contributed by atoms with Crippen molar-refractivity contribution in [3.63, 3.8) is 0 Å². The monoisotopic (exact) mass is 390 g/mol. The van der Waals surface area contributed by atoms with E-state index in [1.165, 1.54) is 29.3 Å². The number of aromatic nitrogens is 5. The minimum Gasteiger partial charge on any atom is -0.332 e. The van der Waals surface area contributed by atoms with Gasteiger partial charge in [-0.3, -0.25) is 9.69 Å². The molecule has 3 aromatic heterocycles. The van der Waals surface area contributed by atoms with Crippen LogP contribution in [0.4, 0.5) is 0 Å². The predicted octanol–water partition coefficient (Wildman–Crippen LogP) is 3.03. The number of nitrogens with one attached hydrogen (secondary N) is 1. The molecule has 5 rings (SSSR count). The molecule has 1 fully saturated rings. The first kappa shape index (κ1) is 17.8. The zero-order valence-electron chi connectivity index (χ0n) is 16.3. The highest BCUT2D eigenvalue weighted by molar-refractivity contribution is 5.62. The number of aryl methyl sites for hydroxylation is 1. The number of benzene rings is 1. The third-order valence-corrected chi connectivity index (χ3v) is 5.28. The van der Waals surface area contributed by atoms with Crippen LogP contribution < -0.4 is 5.56 Å². The first-order chi connectivity index (χ1) is 14.2. The van der Waals surface area contributed by atoms with Gasteiger partial charge in [0.05, 0.1) is 0 Å². The van der Waals surface area contributed by atoms with Crippen molar-refractivity contribution in [2.24, 2.45) is 0 Å². The second kappa shape index (κ2) is 7.29. The smallest absolute Gasteiger partial charge is 0.278 e. The van der Waals surface area contributed by atoms with Gasteiger partial charge in [0.1, 0.15) is 5.52 Å². The number of fused-ring (bicyclic) bond motifs is 1. The molecule has 0 unspecified atom stereocenters. The first-order valence-electron chi connectivity index (χ1n) is 9.91. The fourth-order valence-electron chi connectivity index (χ4n) is 3.86. The Morgan fingerprint density at radius 2 is 2.03 bits per heavy atom. The average Bonchev–Trinajstić information content (AvgIpc) is 3.36. The quantitative estimate of drug-likeness (QED) is 0.576. The molecule has 0 amide bonds. The molecule has 8 nitrogen and oxygen atoms in total. The van der Waals surface area contributed by atoms with Gasteiger partial charge >= 0.3 is 0 Å². The molecule has 0 aliphatic carbocycles. The summed E-state index contributed by atoms with van der Waals surface area (Å²) in [6.07, 6.45) is 5.63. The van der Waals surface area contributed by atoms with Crippen LogP contribution in [-0.4, -0.2) is 42.7 Å². The van der Waals surface area contributed by atoms with Gasteiger partial charge in [0.15, 0.2) is 5.69 Å². The van der Waals surface area contributed by atoms with E-state index in [9.17, 15) is 4.79 Å². The number of likely N-dealkylation sites (tertiary alicyclic amines) is 1. The van der Waals surface area contributed by atoms with Gasteiger partial charge in [-0.25, -0.2) is 4.52 Å². The molecule has 1 N–H and O–H groups in total. The van der Waals surface area contributed by atoms with Crippen molar-refractivity contribution in [3.05, 3.63) is 58.1 Å². The largest absolute Gasteiger partial charge is 0.332 e. The molecule has 29 heavy (non-hydrogen) atoms. The maximum Gasteiger partial charge on any atom is 0.278 e. The fourth-order valence-corrected chi connectivity index (χ4v) is 3.86. The standard InChI is InChI=1S/C21H22N6O2/c1-14-12-27-18(20(28)22-14)11-17(24-27)21-23-19(25-29-21)16-7-5-6-15(10-16)13-26-8-3-2-4-9-26/h5-7,10-12H,2-4,8-9,13H2,1H3,(H,22,28). The number of aromatic amines is 1. The van der Waals surface area contributed by atoms with Gasteiger partial charge in [0.25, 0.3) is 11.4 Å². The summed E-state index contributed by atoms with van der Waals surface area (Å²) in [7, 11) is 0. The molecular weight excluding hydrogens is 368 g/mol. The number of rotatable bonds is 4. The molecule has 4 aromatic rings. The number of piperidine rings is 1. The normalized spacial score (nSPS) is 15.2. The van der Waals surface area contributed by atoms with E-state index in [-0.39, 0.29) is 5.56 Å². The molecule has 0 bridgehead atoms. The molecule has 1 aromatic carbocycles. The zero-order valence-corrected chi connectivity index (χ0v) is 16.3. The summed E-state index contributed by atoms with van der Waals surface area (Å²) in [5.41, 5.74) is 3.60. The highest BCUT2D eigenvalue weighted by atomic mass is 16.5. The van der Waals surface area contributed by atoms with Crippen LogP contribution in [0.1, 0.15) is 30.5 Å². The Labute approximate surface area is 167 Å². The van der Waals surface area contributed by atoms with Crippen LogP contribution in [0.5, 0.6) is 0 Å². The van der Waals surface area contributed by atoms with E-state index in [0.29, 0.717) is 22.9 Å². The van der Waals surface area contributed by atoms with Crippen molar-refractivity contribution < 1.29 is 4.52 Å². The number of hydrogen-bond acceptors (Lipinski definition) is 6. The Balaban J connectivity index is 1.42. The van der Waals surface area contributed by atoms with Crippen molar-refractivity contribution in [2.75, 3.05) is 13.1 Å². The summed E-state index contributed by atoms with van der Waals surface area (Å²) in [4.78, 5) is 21.8. The van der Waals surface area contributed by atoms with Gasteiger partial charge < -0.3 is 9.51 Å². The lowest BCUT2D eigenvalue weighted by Gasteiger charge is -2.26. The minimum atomic E-state index is -0.200. The summed E-state index contributed by atoms with van der Waals surface area (Å²) < 4.78 is 6.97. The summed E-state index contributed by atoms with van der Waals surface area (Å²) in [5, 5.41) is 8.53. The molecule has 0 saturated carbocycles. The third-order valence-electron chi connectivity index (χ3n) is 5.28. The van der Waals surface area contributed by atoms with E-state index >= 15 is 0 Å². The number of H-pyrrole nitrogens is 1. The lowest BCUT2D eigenvalue weighted by molar-refractivity contribution is 0.221. The minimum absolute atomic E-state index is 0.200. The van der Waals surface area contributed by atoms with Gasteiger partial charge in [-0.2, -0.15) is 10.1 Å². The number of hydrogen-bond donors (Lipinski definition) is 1. The molecule has 1 aliphatic rings. The SMILES string of the molecule is Cc1cn2nc(-c3nc(-c4cccc(CN5CCCCC5)c4)no3)cc2c(=O)[nH]1. The Bertz CT molecular complexity index is 1220. The van der Waals surface area contributed by atoms with Gasteiger partial charge in [-0.05, 0) is 44.5 Å². The molecule has 8 heteroatoms. The van der Waals surface area contributed by atoms with Crippen molar-refractivity contribution in [3.8, 4) is 23.0 Å². The van der Waals surface area contributed by atoms with Crippen molar-refractivity contribution >= 4 is 5.52 Å². The second-order valence-electron chi connectivity index (χ2n) is 7.59. The maximum atomic E-state index is 12.1. The van der Waals surface area contributed by atoms with Gasteiger partial charge in [0.2, 0.25) is 5.82 Å². The molecule has 148 valence electrons. The molecular formula is C21H22N6O2. The predicted molar refractivity (Wildman–Crippen MR) is 108 cm³/mol. The topological polar surface area (TPSA) is 92.3 Å². The van der Waals surface area contributed by atoms with E-state index in [0.717, 1.165) is 30.9 Å². The summed E-state index contributed by atoms with van der Waals surface area (Å²) in [6.45, 7) is 5.06. The molecule has 1 aliphatic heterocycles. The van der Waals surface area contributed by atoms with Crippen LogP contribution in [0.25, 0.3) is 28.5 Å². The third kappa shape index (κ3) is 3.58. The highest BCUT2D eigenvalue weighted by Gasteiger charge is 2.16. The van der Waals surface area contributed by atoms with Crippen LogP contribution in [0.2, 0.25) is 0 Å². The summed E-state index contributed by atoms with van der Waals surface area (Å²) in [6, 6.07) is 9.91. The molecule has 0 atom stereocenters. The molecule has 1 saturated heterocycles. The van der Waals surface area contributed by atoms with E-state index in [1.54, 1.807) is 12.3 Å². The Morgan fingerprint density at radius 1 is 1.17 bits per heavy atom. The van der Waals surface area contributed by atoms with Crippen LogP contribution in [-0.2, 0) is 6.54 Å². The Morgan fingerprint density at radius 3 is 2.90 bits per heavy atom. The molecule has 4 heterocycles. The van der Waals surface area contributed by atoms with Gasteiger partial charge in [-0.1, -0.05) is 29.8 Å². The summed E-state index contributed by atoms with van der Waals surface area (Å²) in [5.74, 6) is 0.810. The van der Waals surface area contributed by atoms with E-state index < -0.39 is 0 Å².